The van der Waals surface area contributed by atoms with Crippen molar-refractivity contribution < 1.29 is 27.5 Å². The molecular weight excluding hydrogens is 458 g/mol. The standard InChI is InChI=1S/C24H27N3O6S/c1-3-27-21-12-11-17(34(30,31)26-13-7-4-8-14-26)15-20(21)25-22(27)16-33-24(29)19-10-6-5-9-18(19)23(28)32-2/h5-6,9-12,15H,3-4,7-8,13-14,16H2,1-2H3. The molecule has 2 heterocycles. The average Bonchev–Trinajstić information content (AvgIpc) is 3.24. The Morgan fingerprint density at radius 3 is 2.32 bits per heavy atom. The van der Waals surface area contributed by atoms with Gasteiger partial charge < -0.3 is 14.0 Å². The van der Waals surface area contributed by atoms with Crippen molar-refractivity contribution >= 4 is 33.0 Å². The normalized spacial score (nSPS) is 14.8. The Morgan fingerprint density at radius 1 is 1.00 bits per heavy atom. The summed E-state index contributed by atoms with van der Waals surface area (Å²) in [5.74, 6) is -0.825. The summed E-state index contributed by atoms with van der Waals surface area (Å²) in [4.78, 5) is 29.4. The van der Waals surface area contributed by atoms with Gasteiger partial charge in [0.15, 0.2) is 0 Å². The first kappa shape index (κ1) is 23.9. The highest BCUT2D eigenvalue weighted by Crippen LogP contribution is 2.25. The lowest BCUT2D eigenvalue weighted by molar-refractivity contribution is 0.0445. The number of piperidine rings is 1. The van der Waals surface area contributed by atoms with Crippen molar-refractivity contribution in [3.05, 3.63) is 59.4 Å². The van der Waals surface area contributed by atoms with Gasteiger partial charge in [0.1, 0.15) is 12.4 Å². The predicted molar refractivity (Wildman–Crippen MR) is 125 cm³/mol. The number of hydrogen-bond donors (Lipinski definition) is 0. The number of hydrogen-bond acceptors (Lipinski definition) is 7. The zero-order valence-corrected chi connectivity index (χ0v) is 20.0. The number of carbonyl (C=O) groups excluding carboxylic acids is 2. The van der Waals surface area contributed by atoms with E-state index in [1.54, 1.807) is 30.3 Å². The zero-order chi connectivity index (χ0) is 24.3. The maximum atomic E-state index is 13.1. The molecule has 1 fully saturated rings. The van der Waals surface area contributed by atoms with Crippen LogP contribution in [0.3, 0.4) is 0 Å². The summed E-state index contributed by atoms with van der Waals surface area (Å²) in [6, 6.07) is 11.2. The third kappa shape index (κ3) is 4.55. The van der Waals surface area contributed by atoms with Crippen molar-refractivity contribution in [2.24, 2.45) is 0 Å². The van der Waals surface area contributed by atoms with E-state index in [2.05, 4.69) is 4.98 Å². The molecule has 2 aromatic carbocycles. The molecule has 0 bridgehead atoms. The number of ether oxygens (including phenoxy) is 2. The maximum Gasteiger partial charge on any atom is 0.339 e. The van der Waals surface area contributed by atoms with Crippen LogP contribution in [-0.2, 0) is 32.6 Å². The quantitative estimate of drug-likeness (QED) is 0.472. The van der Waals surface area contributed by atoms with Crippen LogP contribution in [0.4, 0.5) is 0 Å². The Kier molecular flexibility index (Phi) is 6.99. The number of carbonyl (C=O) groups is 2. The number of sulfonamides is 1. The van der Waals surface area contributed by atoms with E-state index in [-0.39, 0.29) is 22.6 Å². The molecule has 1 aromatic heterocycles. The van der Waals surface area contributed by atoms with Gasteiger partial charge in [-0.1, -0.05) is 18.6 Å². The van der Waals surface area contributed by atoms with Crippen LogP contribution in [0.1, 0.15) is 52.7 Å². The van der Waals surface area contributed by atoms with E-state index in [9.17, 15) is 18.0 Å². The molecule has 0 atom stereocenters. The van der Waals surface area contributed by atoms with Crippen molar-refractivity contribution in [2.75, 3.05) is 20.2 Å². The minimum atomic E-state index is -3.59. The lowest BCUT2D eigenvalue weighted by Crippen LogP contribution is -2.35. The number of rotatable bonds is 7. The molecule has 0 unspecified atom stereocenters. The highest BCUT2D eigenvalue weighted by molar-refractivity contribution is 7.89. The first-order chi connectivity index (χ1) is 16.4. The molecule has 1 aliphatic rings. The summed E-state index contributed by atoms with van der Waals surface area (Å²) >= 11 is 0. The van der Waals surface area contributed by atoms with E-state index in [1.807, 2.05) is 11.5 Å². The van der Waals surface area contributed by atoms with Crippen LogP contribution in [0.2, 0.25) is 0 Å². The minimum Gasteiger partial charge on any atom is -0.465 e. The molecule has 0 saturated carbocycles. The first-order valence-corrected chi connectivity index (χ1v) is 12.6. The molecule has 1 aliphatic heterocycles. The first-order valence-electron chi connectivity index (χ1n) is 11.2. The topological polar surface area (TPSA) is 108 Å². The van der Waals surface area contributed by atoms with Crippen LogP contribution in [0.25, 0.3) is 11.0 Å². The predicted octanol–water partition coefficient (Wildman–Crippen LogP) is 3.37. The van der Waals surface area contributed by atoms with Gasteiger partial charge >= 0.3 is 11.9 Å². The lowest BCUT2D eigenvalue weighted by Gasteiger charge is -2.25. The molecule has 180 valence electrons. The number of imidazole rings is 1. The number of nitrogens with zero attached hydrogens (tertiary/aromatic N) is 3. The number of esters is 2. The molecule has 0 amide bonds. The van der Waals surface area contributed by atoms with Crippen molar-refractivity contribution in [1.29, 1.82) is 0 Å². The minimum absolute atomic E-state index is 0.100. The second kappa shape index (κ2) is 9.94. The fraction of sp³-hybridized carbons (Fsp3) is 0.375. The second-order valence-corrected chi connectivity index (χ2v) is 9.94. The van der Waals surface area contributed by atoms with E-state index >= 15 is 0 Å². The number of methoxy groups -OCH3 is 1. The van der Waals surface area contributed by atoms with Crippen LogP contribution in [0.15, 0.2) is 47.4 Å². The Hall–Kier alpha value is -3.24. The fourth-order valence-electron chi connectivity index (χ4n) is 4.19. The van der Waals surface area contributed by atoms with Crippen molar-refractivity contribution in [1.82, 2.24) is 13.9 Å². The van der Waals surface area contributed by atoms with Crippen molar-refractivity contribution in [3.63, 3.8) is 0 Å². The third-order valence-corrected chi connectivity index (χ3v) is 7.85. The largest absolute Gasteiger partial charge is 0.465 e. The number of benzene rings is 2. The zero-order valence-electron chi connectivity index (χ0n) is 19.2. The summed E-state index contributed by atoms with van der Waals surface area (Å²) in [7, 11) is -2.34. The van der Waals surface area contributed by atoms with Gasteiger partial charge in [-0.15, -0.1) is 0 Å². The Bertz CT molecular complexity index is 1330. The van der Waals surface area contributed by atoms with E-state index in [0.29, 0.717) is 31.0 Å². The molecule has 0 aliphatic carbocycles. The molecule has 34 heavy (non-hydrogen) atoms. The highest BCUT2D eigenvalue weighted by atomic mass is 32.2. The summed E-state index contributed by atoms with van der Waals surface area (Å²) < 4.78 is 39.7. The van der Waals surface area contributed by atoms with Gasteiger partial charge in [-0.05, 0) is 50.1 Å². The molecule has 3 aromatic rings. The molecule has 4 rings (SSSR count). The van der Waals surface area contributed by atoms with Crippen LogP contribution in [0.5, 0.6) is 0 Å². The van der Waals surface area contributed by atoms with Crippen LogP contribution < -0.4 is 0 Å². The third-order valence-electron chi connectivity index (χ3n) is 5.95. The molecular formula is C24H27N3O6S. The van der Waals surface area contributed by atoms with Crippen molar-refractivity contribution in [2.45, 2.75) is 44.2 Å². The van der Waals surface area contributed by atoms with Crippen LogP contribution in [0, 0.1) is 0 Å². The smallest absolute Gasteiger partial charge is 0.339 e. The monoisotopic (exact) mass is 485 g/mol. The van der Waals surface area contributed by atoms with E-state index in [1.165, 1.54) is 23.5 Å². The Labute approximate surface area is 198 Å². The molecule has 9 nitrogen and oxygen atoms in total. The molecule has 0 radical (unpaired) electrons. The molecule has 0 N–H and O–H groups in total. The number of aryl methyl sites for hydroxylation is 1. The van der Waals surface area contributed by atoms with Gasteiger partial charge in [-0.25, -0.2) is 23.0 Å². The van der Waals surface area contributed by atoms with E-state index in [0.717, 1.165) is 24.8 Å². The Balaban J connectivity index is 1.59. The maximum absolute atomic E-state index is 13.1. The average molecular weight is 486 g/mol. The SMILES string of the molecule is CCn1c(COC(=O)c2ccccc2C(=O)OC)nc2cc(S(=O)(=O)N3CCCCC3)ccc21. The van der Waals surface area contributed by atoms with Gasteiger partial charge in [0.2, 0.25) is 10.0 Å². The number of aromatic nitrogens is 2. The van der Waals surface area contributed by atoms with Gasteiger partial charge in [0.25, 0.3) is 0 Å². The van der Waals surface area contributed by atoms with E-state index in [4.69, 9.17) is 9.47 Å². The van der Waals surface area contributed by atoms with Gasteiger partial charge in [-0.2, -0.15) is 4.31 Å². The van der Waals surface area contributed by atoms with E-state index < -0.39 is 22.0 Å². The Morgan fingerprint density at radius 2 is 1.68 bits per heavy atom. The van der Waals surface area contributed by atoms with Gasteiger partial charge in [-0.3, -0.25) is 0 Å². The number of fused-ring (bicyclic) bond motifs is 1. The summed E-state index contributed by atoms with van der Waals surface area (Å²) in [6.45, 7) is 3.40. The van der Waals surface area contributed by atoms with Crippen molar-refractivity contribution in [3.8, 4) is 0 Å². The van der Waals surface area contributed by atoms with Crippen LogP contribution >= 0.6 is 0 Å². The van der Waals surface area contributed by atoms with Crippen LogP contribution in [-0.4, -0.2) is 54.4 Å². The van der Waals surface area contributed by atoms with Gasteiger partial charge in [0, 0.05) is 19.6 Å². The van der Waals surface area contributed by atoms with Gasteiger partial charge in [0.05, 0.1) is 34.2 Å². The highest BCUT2D eigenvalue weighted by Gasteiger charge is 2.27. The summed E-state index contributed by atoms with van der Waals surface area (Å²) in [5.41, 5.74) is 1.48. The second-order valence-electron chi connectivity index (χ2n) is 8.00. The molecule has 0 spiro atoms. The molecule has 1 saturated heterocycles. The summed E-state index contributed by atoms with van der Waals surface area (Å²) in [5, 5.41) is 0. The lowest BCUT2D eigenvalue weighted by atomic mass is 10.1. The fourth-order valence-corrected chi connectivity index (χ4v) is 5.73. The summed E-state index contributed by atoms with van der Waals surface area (Å²) in [6.07, 6.45) is 2.76. The molecule has 10 heteroatoms.